The number of hydrogen-bond donors (Lipinski definition) is 6. The first-order valence-electron chi connectivity index (χ1n) is 8.72. The molecule has 31 heavy (non-hydrogen) atoms. The van der Waals surface area contributed by atoms with Gasteiger partial charge in [-0.15, -0.1) is 0 Å². The molecule has 0 spiro atoms. The summed E-state index contributed by atoms with van der Waals surface area (Å²) in [5.41, 5.74) is 5.27. The summed E-state index contributed by atoms with van der Waals surface area (Å²) in [6.45, 7) is -0.642. The number of aromatic nitrogens is 4. The van der Waals surface area contributed by atoms with Crippen molar-refractivity contribution in [3.8, 4) is 0 Å². The summed E-state index contributed by atoms with van der Waals surface area (Å²) in [5.74, 6) is -0.436. The second-order valence-electron chi connectivity index (χ2n) is 7.16. The Morgan fingerprint density at radius 1 is 1.29 bits per heavy atom. The summed E-state index contributed by atoms with van der Waals surface area (Å²) in [6, 6.07) is -0.779. The van der Waals surface area contributed by atoms with Crippen LogP contribution in [-0.4, -0.2) is 69.5 Å². The molecule has 6 atom stereocenters. The molecule has 2 aliphatic carbocycles. The van der Waals surface area contributed by atoms with Gasteiger partial charge in [-0.2, -0.15) is 4.31 Å². The first-order valence-corrected chi connectivity index (χ1v) is 13.0. The number of phosphoric acid groups is 2. The number of nitrogen functional groups attached to an aromatic ring is 1. The zero-order chi connectivity index (χ0) is 22.8. The molecule has 1 saturated carbocycles. The van der Waals surface area contributed by atoms with Gasteiger partial charge in [-0.05, 0) is 6.26 Å². The number of nitrogens with two attached hydrogens (primary N) is 1. The second kappa shape index (κ2) is 7.59. The van der Waals surface area contributed by atoms with Crippen molar-refractivity contribution in [2.45, 2.75) is 23.4 Å². The number of allylic oxidation sites excluding steroid dienone is 1. The van der Waals surface area contributed by atoms with Crippen LogP contribution in [0.5, 0.6) is 0 Å². The van der Waals surface area contributed by atoms with Gasteiger partial charge in [0.25, 0.3) is 0 Å². The Balaban J connectivity index is 1.66. The van der Waals surface area contributed by atoms with Crippen molar-refractivity contribution in [2.75, 3.05) is 18.6 Å². The van der Waals surface area contributed by atoms with Crippen molar-refractivity contribution in [3.05, 3.63) is 18.5 Å². The number of fused-ring (bicyclic) bond motifs is 2. The molecule has 0 bridgehead atoms. The van der Waals surface area contributed by atoms with E-state index in [4.69, 9.17) is 20.0 Å². The highest BCUT2D eigenvalue weighted by Gasteiger charge is 2.63. The van der Waals surface area contributed by atoms with Crippen molar-refractivity contribution in [3.63, 3.8) is 0 Å². The van der Waals surface area contributed by atoms with E-state index in [9.17, 15) is 24.2 Å². The number of rotatable bonds is 7. The fourth-order valence-corrected chi connectivity index (χ4v) is 6.06. The molecule has 1 fully saturated rings. The largest absolute Gasteiger partial charge is 0.481 e. The number of thioether (sulfide) groups is 1. The molecule has 4 rings (SSSR count). The van der Waals surface area contributed by atoms with E-state index in [1.165, 1.54) is 24.2 Å². The zero-order valence-electron chi connectivity index (χ0n) is 15.8. The predicted octanol–water partition coefficient (Wildman–Crippen LogP) is -0.194. The van der Waals surface area contributed by atoms with E-state index in [1.54, 1.807) is 16.9 Å². The van der Waals surface area contributed by atoms with E-state index >= 15 is 0 Å². The van der Waals surface area contributed by atoms with Crippen LogP contribution in [0.15, 0.2) is 23.6 Å². The standard InChI is InChI=1S/C14H19N5O9P2S/c1-31-13-17-11(15)7-12(18-13)19(5-16-7)8-6-2-3-14(6,10(21)9(8)20)4-27-30(25,26)28-29(22,23)24/h2-3,5-6,8-10,20-21H,4H2,1H3,(H,25,26)(H2,15,17,18)(H2,22,23,24)/t6-,8-,9+,10+,14+/m1/s1. The second-order valence-corrected chi connectivity index (χ2v) is 10.8. The average Bonchev–Trinajstić information content (AvgIpc) is 3.11. The van der Waals surface area contributed by atoms with Gasteiger partial charge in [-0.3, -0.25) is 4.52 Å². The number of aliphatic hydroxyl groups excluding tert-OH is 2. The molecule has 2 heterocycles. The van der Waals surface area contributed by atoms with Crippen LogP contribution in [0.4, 0.5) is 5.82 Å². The maximum absolute atomic E-state index is 11.8. The number of anilines is 1. The van der Waals surface area contributed by atoms with Crippen molar-refractivity contribution in [1.29, 1.82) is 0 Å². The third-order valence-electron chi connectivity index (χ3n) is 5.45. The normalized spacial score (nSPS) is 32.1. The lowest BCUT2D eigenvalue weighted by molar-refractivity contribution is -0.0360. The third-order valence-corrected chi connectivity index (χ3v) is 8.12. The van der Waals surface area contributed by atoms with Gasteiger partial charge in [-0.25, -0.2) is 24.1 Å². The highest BCUT2D eigenvalue weighted by Crippen LogP contribution is 2.62. The van der Waals surface area contributed by atoms with E-state index in [-0.39, 0.29) is 5.82 Å². The summed E-state index contributed by atoms with van der Waals surface area (Å²) in [6.07, 6.45) is 3.55. The van der Waals surface area contributed by atoms with Gasteiger partial charge in [0.05, 0.1) is 25.1 Å². The van der Waals surface area contributed by atoms with Gasteiger partial charge in [0.1, 0.15) is 11.6 Å². The molecule has 7 N–H and O–H groups in total. The van der Waals surface area contributed by atoms with Gasteiger partial charge in [0, 0.05) is 11.3 Å². The predicted molar refractivity (Wildman–Crippen MR) is 107 cm³/mol. The molecule has 2 aromatic heterocycles. The quantitative estimate of drug-likeness (QED) is 0.127. The van der Waals surface area contributed by atoms with Crippen LogP contribution < -0.4 is 5.73 Å². The summed E-state index contributed by atoms with van der Waals surface area (Å²) in [7, 11) is -10.4. The summed E-state index contributed by atoms with van der Waals surface area (Å²) >= 11 is 1.26. The monoisotopic (exact) mass is 495 g/mol. The van der Waals surface area contributed by atoms with Crippen LogP contribution in [0.1, 0.15) is 6.04 Å². The van der Waals surface area contributed by atoms with Crippen LogP contribution in [0.25, 0.3) is 11.2 Å². The number of phosphoric ester groups is 1. The Labute approximate surface area is 179 Å². The fraction of sp³-hybridized carbons (Fsp3) is 0.500. The Morgan fingerprint density at radius 2 is 2.00 bits per heavy atom. The Kier molecular flexibility index (Phi) is 5.59. The molecular weight excluding hydrogens is 476 g/mol. The maximum Gasteiger partial charge on any atom is 0.481 e. The lowest BCUT2D eigenvalue weighted by Gasteiger charge is -2.41. The van der Waals surface area contributed by atoms with Gasteiger partial charge < -0.3 is 35.2 Å². The fourth-order valence-electron chi connectivity index (χ4n) is 4.04. The topological polar surface area (TPSA) is 223 Å². The first kappa shape index (κ1) is 22.8. The highest BCUT2D eigenvalue weighted by atomic mass is 32.2. The number of nitrogens with zero attached hydrogens (tertiary/aromatic N) is 4. The van der Waals surface area contributed by atoms with Gasteiger partial charge in [-0.1, -0.05) is 23.9 Å². The molecule has 0 saturated heterocycles. The third kappa shape index (κ3) is 3.85. The van der Waals surface area contributed by atoms with E-state index < -0.39 is 51.8 Å². The summed E-state index contributed by atoms with van der Waals surface area (Å²) in [4.78, 5) is 39.7. The molecule has 1 unspecified atom stereocenters. The minimum atomic E-state index is -5.30. The Hall–Kier alpha value is -1.38. The van der Waals surface area contributed by atoms with E-state index in [0.717, 1.165) is 0 Å². The lowest BCUT2D eigenvalue weighted by atomic mass is 9.68. The molecule has 0 radical (unpaired) electrons. The molecule has 0 aliphatic heterocycles. The summed E-state index contributed by atoms with van der Waals surface area (Å²) < 4.78 is 32.8. The average molecular weight is 495 g/mol. The SMILES string of the molecule is CSc1nc(N)c2ncn([C@H]3[C@H](O)[C@H](O)[C@]4(COP(=O)(O)OP(=O)(O)O)C=C[C@H]34)c2n1. The van der Waals surface area contributed by atoms with E-state index in [0.29, 0.717) is 16.3 Å². The van der Waals surface area contributed by atoms with E-state index in [1.807, 2.05) is 0 Å². The number of hydrogen-bond acceptors (Lipinski definition) is 11. The molecular formula is C14H19N5O9P2S. The van der Waals surface area contributed by atoms with Crippen LogP contribution in [0.2, 0.25) is 0 Å². The van der Waals surface area contributed by atoms with Crippen LogP contribution >= 0.6 is 27.4 Å². The van der Waals surface area contributed by atoms with Crippen LogP contribution in [0.3, 0.4) is 0 Å². The minimum absolute atomic E-state index is 0.149. The van der Waals surface area contributed by atoms with Crippen molar-refractivity contribution in [1.82, 2.24) is 19.5 Å². The first-order chi connectivity index (χ1) is 14.4. The van der Waals surface area contributed by atoms with Gasteiger partial charge in [0.15, 0.2) is 16.6 Å². The molecule has 17 heteroatoms. The number of aliphatic hydroxyl groups is 2. The minimum Gasteiger partial charge on any atom is -0.389 e. The lowest BCUT2D eigenvalue weighted by Crippen LogP contribution is -2.44. The highest BCUT2D eigenvalue weighted by molar-refractivity contribution is 7.98. The molecule has 14 nitrogen and oxygen atoms in total. The molecule has 2 aliphatic rings. The smallest absolute Gasteiger partial charge is 0.389 e. The maximum atomic E-state index is 11.8. The van der Waals surface area contributed by atoms with Crippen LogP contribution in [-0.2, 0) is 18.0 Å². The van der Waals surface area contributed by atoms with Crippen molar-refractivity contribution >= 4 is 44.4 Å². The molecule has 170 valence electrons. The number of imidazole rings is 1. The van der Waals surface area contributed by atoms with E-state index in [2.05, 4.69) is 19.3 Å². The van der Waals surface area contributed by atoms with Crippen molar-refractivity contribution < 1.29 is 42.9 Å². The van der Waals surface area contributed by atoms with Gasteiger partial charge >= 0.3 is 15.6 Å². The zero-order valence-corrected chi connectivity index (χ0v) is 18.4. The molecule has 0 amide bonds. The molecule has 0 aromatic carbocycles. The Bertz CT molecular complexity index is 1150. The summed E-state index contributed by atoms with van der Waals surface area (Å²) in [5, 5.41) is 21.9. The molecule has 2 aromatic rings. The van der Waals surface area contributed by atoms with Crippen LogP contribution in [0, 0.1) is 11.3 Å². The van der Waals surface area contributed by atoms with Gasteiger partial charge in [0.2, 0.25) is 0 Å². The van der Waals surface area contributed by atoms with Crippen molar-refractivity contribution in [2.24, 2.45) is 11.3 Å². The Morgan fingerprint density at radius 3 is 2.58 bits per heavy atom.